The normalized spacial score (nSPS) is 10.5. The zero-order valence-electron chi connectivity index (χ0n) is 12.5. The Morgan fingerprint density at radius 3 is 2.62 bits per heavy atom. The molecule has 3 nitrogen and oxygen atoms in total. The molecule has 3 heteroatoms. The minimum Gasteiger partial charge on any atom is -0.508 e. The van der Waals surface area contributed by atoms with Crippen molar-refractivity contribution in [3.8, 4) is 11.5 Å². The molecule has 0 heterocycles. The maximum Gasteiger partial charge on any atom is 0.123 e. The van der Waals surface area contributed by atoms with Gasteiger partial charge in [-0.05, 0) is 50.2 Å². The molecule has 0 radical (unpaired) electrons. The average molecular weight is 285 g/mol. The third-order valence-corrected chi connectivity index (χ3v) is 3.36. The first-order valence-electron chi connectivity index (χ1n) is 7.43. The Bertz CT molecular complexity index is 540. The molecule has 0 bridgehead atoms. The van der Waals surface area contributed by atoms with Gasteiger partial charge >= 0.3 is 0 Å². The number of aromatic hydroxyl groups is 1. The van der Waals surface area contributed by atoms with E-state index < -0.39 is 0 Å². The molecule has 112 valence electrons. The van der Waals surface area contributed by atoms with E-state index in [-0.39, 0.29) is 5.75 Å². The van der Waals surface area contributed by atoms with Crippen LogP contribution >= 0.6 is 0 Å². The maximum absolute atomic E-state index is 9.69. The van der Waals surface area contributed by atoms with Gasteiger partial charge in [0.2, 0.25) is 0 Å². The van der Waals surface area contributed by atoms with Crippen molar-refractivity contribution in [3.63, 3.8) is 0 Å². The molecule has 0 fully saturated rings. The number of ether oxygens (including phenoxy) is 1. The molecule has 0 spiro atoms. The zero-order chi connectivity index (χ0) is 14.9. The summed E-state index contributed by atoms with van der Waals surface area (Å²) < 4.78 is 5.87. The van der Waals surface area contributed by atoms with E-state index in [0.29, 0.717) is 6.61 Å². The summed E-state index contributed by atoms with van der Waals surface area (Å²) in [6.07, 6.45) is 2.89. The lowest BCUT2D eigenvalue weighted by molar-refractivity contribution is 0.303. The van der Waals surface area contributed by atoms with Crippen LogP contribution in [-0.4, -0.2) is 25.3 Å². The van der Waals surface area contributed by atoms with Crippen LogP contribution in [0.2, 0.25) is 0 Å². The fourth-order valence-electron chi connectivity index (χ4n) is 2.25. The van der Waals surface area contributed by atoms with E-state index in [1.807, 2.05) is 31.3 Å². The van der Waals surface area contributed by atoms with E-state index in [1.165, 1.54) is 5.56 Å². The van der Waals surface area contributed by atoms with E-state index in [9.17, 15) is 5.11 Å². The predicted molar refractivity (Wildman–Crippen MR) is 86.0 cm³/mol. The van der Waals surface area contributed by atoms with Crippen LogP contribution in [0, 0.1) is 0 Å². The summed E-state index contributed by atoms with van der Waals surface area (Å²) in [5, 5.41) is 12.8. The summed E-state index contributed by atoms with van der Waals surface area (Å²) in [6, 6.07) is 15.5. The molecular weight excluding hydrogens is 262 g/mol. The summed E-state index contributed by atoms with van der Waals surface area (Å²) in [7, 11) is 1.96. The van der Waals surface area contributed by atoms with Crippen LogP contribution in [0.1, 0.15) is 24.0 Å². The Morgan fingerprint density at radius 1 is 1.05 bits per heavy atom. The highest BCUT2D eigenvalue weighted by molar-refractivity contribution is 5.42. The molecule has 0 aliphatic rings. The molecule has 0 atom stereocenters. The average Bonchev–Trinajstić information content (AvgIpc) is 2.50. The van der Waals surface area contributed by atoms with Gasteiger partial charge < -0.3 is 15.2 Å². The number of hydrogen-bond acceptors (Lipinski definition) is 3. The number of rotatable bonds is 8. The van der Waals surface area contributed by atoms with Crippen molar-refractivity contribution < 1.29 is 9.84 Å². The second kappa shape index (κ2) is 8.32. The minimum absolute atomic E-state index is 0.281. The van der Waals surface area contributed by atoms with Gasteiger partial charge in [0, 0.05) is 12.0 Å². The number of unbranched alkanes of at least 4 members (excludes halogenated alkanes) is 1. The van der Waals surface area contributed by atoms with Gasteiger partial charge in [0.05, 0.1) is 6.61 Å². The minimum atomic E-state index is 0.281. The lowest BCUT2D eigenvalue weighted by atomic mass is 10.0. The first-order chi connectivity index (χ1) is 10.3. The number of hydrogen-bond donors (Lipinski definition) is 2. The third-order valence-electron chi connectivity index (χ3n) is 3.36. The van der Waals surface area contributed by atoms with E-state index in [1.54, 1.807) is 12.1 Å². The SMILES string of the molecule is CNCCCCOc1ccc(O)cc1Cc1ccccc1. The highest BCUT2D eigenvalue weighted by atomic mass is 16.5. The molecule has 0 amide bonds. The molecule has 2 rings (SSSR count). The van der Waals surface area contributed by atoms with E-state index in [4.69, 9.17) is 4.74 Å². The second-order valence-electron chi connectivity index (χ2n) is 5.11. The first kappa shape index (κ1) is 15.4. The standard InChI is InChI=1S/C18H23NO2/c1-19-11-5-6-12-21-18-10-9-17(20)14-16(18)13-15-7-3-2-4-8-15/h2-4,7-10,14,19-20H,5-6,11-13H2,1H3. The van der Waals surface area contributed by atoms with Gasteiger partial charge in [-0.15, -0.1) is 0 Å². The van der Waals surface area contributed by atoms with Gasteiger partial charge in [0.1, 0.15) is 11.5 Å². The molecule has 2 N–H and O–H groups in total. The molecule has 0 saturated carbocycles. The van der Waals surface area contributed by atoms with E-state index in [0.717, 1.165) is 37.1 Å². The molecule has 0 aromatic heterocycles. The Labute approximate surface area is 126 Å². The second-order valence-corrected chi connectivity index (χ2v) is 5.11. The molecular formula is C18H23NO2. The fraction of sp³-hybridized carbons (Fsp3) is 0.333. The number of phenols is 1. The maximum atomic E-state index is 9.69. The monoisotopic (exact) mass is 285 g/mol. The molecule has 0 unspecified atom stereocenters. The van der Waals surface area contributed by atoms with Crippen molar-refractivity contribution in [1.29, 1.82) is 0 Å². The Kier molecular flexibility index (Phi) is 6.10. The van der Waals surface area contributed by atoms with E-state index in [2.05, 4.69) is 17.4 Å². The largest absolute Gasteiger partial charge is 0.508 e. The smallest absolute Gasteiger partial charge is 0.123 e. The molecule has 0 aliphatic carbocycles. The lowest BCUT2D eigenvalue weighted by Crippen LogP contribution is -2.09. The summed E-state index contributed by atoms with van der Waals surface area (Å²) in [5.74, 6) is 1.14. The predicted octanol–water partition coefficient (Wildman–Crippen LogP) is 3.36. The fourth-order valence-corrected chi connectivity index (χ4v) is 2.25. The molecule has 2 aromatic carbocycles. The summed E-state index contributed by atoms with van der Waals surface area (Å²) >= 11 is 0. The van der Waals surface area contributed by atoms with Gasteiger partial charge in [-0.3, -0.25) is 0 Å². The van der Waals surface area contributed by atoms with Crippen molar-refractivity contribution in [2.24, 2.45) is 0 Å². The van der Waals surface area contributed by atoms with Crippen molar-refractivity contribution in [1.82, 2.24) is 5.32 Å². The highest BCUT2D eigenvalue weighted by Crippen LogP contribution is 2.26. The van der Waals surface area contributed by atoms with Crippen molar-refractivity contribution >= 4 is 0 Å². The number of benzene rings is 2. The molecule has 2 aromatic rings. The summed E-state index contributed by atoms with van der Waals surface area (Å²) in [6.45, 7) is 1.71. The van der Waals surface area contributed by atoms with Crippen LogP contribution in [0.25, 0.3) is 0 Å². The first-order valence-corrected chi connectivity index (χ1v) is 7.43. The van der Waals surface area contributed by atoms with Gasteiger partial charge in [0.25, 0.3) is 0 Å². The highest BCUT2D eigenvalue weighted by Gasteiger charge is 2.06. The van der Waals surface area contributed by atoms with Crippen molar-refractivity contribution in [2.45, 2.75) is 19.3 Å². The van der Waals surface area contributed by atoms with Crippen LogP contribution < -0.4 is 10.1 Å². The topological polar surface area (TPSA) is 41.5 Å². The van der Waals surface area contributed by atoms with Crippen LogP contribution in [0.15, 0.2) is 48.5 Å². The van der Waals surface area contributed by atoms with E-state index >= 15 is 0 Å². The van der Waals surface area contributed by atoms with Crippen LogP contribution in [0.3, 0.4) is 0 Å². The Hall–Kier alpha value is -2.00. The number of phenolic OH excluding ortho intramolecular Hbond substituents is 1. The Balaban J connectivity index is 2.00. The van der Waals surface area contributed by atoms with Gasteiger partial charge in [-0.2, -0.15) is 0 Å². The zero-order valence-corrected chi connectivity index (χ0v) is 12.5. The summed E-state index contributed by atoms with van der Waals surface area (Å²) in [5.41, 5.74) is 2.23. The quantitative estimate of drug-likeness (QED) is 0.731. The molecule has 0 aliphatic heterocycles. The van der Waals surface area contributed by atoms with Gasteiger partial charge in [-0.1, -0.05) is 30.3 Å². The van der Waals surface area contributed by atoms with Crippen LogP contribution in [0.5, 0.6) is 11.5 Å². The lowest BCUT2D eigenvalue weighted by Gasteiger charge is -2.12. The van der Waals surface area contributed by atoms with Crippen molar-refractivity contribution in [3.05, 3.63) is 59.7 Å². The molecule has 21 heavy (non-hydrogen) atoms. The van der Waals surface area contributed by atoms with Crippen LogP contribution in [0.4, 0.5) is 0 Å². The third kappa shape index (κ3) is 5.12. The van der Waals surface area contributed by atoms with Gasteiger partial charge in [-0.25, -0.2) is 0 Å². The summed E-state index contributed by atoms with van der Waals surface area (Å²) in [4.78, 5) is 0. The molecule has 0 saturated heterocycles. The van der Waals surface area contributed by atoms with Gasteiger partial charge in [0.15, 0.2) is 0 Å². The van der Waals surface area contributed by atoms with Crippen LogP contribution in [-0.2, 0) is 6.42 Å². The van der Waals surface area contributed by atoms with Crippen molar-refractivity contribution in [2.75, 3.05) is 20.2 Å². The Morgan fingerprint density at radius 2 is 1.86 bits per heavy atom. The number of nitrogens with one attached hydrogen (secondary N) is 1.